The number of aromatic carboxylic acids is 1. The van der Waals surface area contributed by atoms with Gasteiger partial charge in [0.2, 0.25) is 5.91 Å². The van der Waals surface area contributed by atoms with Gasteiger partial charge in [-0.05, 0) is 113 Å². The van der Waals surface area contributed by atoms with E-state index in [-0.39, 0.29) is 12.5 Å². The van der Waals surface area contributed by atoms with Gasteiger partial charge in [-0.2, -0.15) is 0 Å². The maximum absolute atomic E-state index is 14.1. The first-order valence-corrected chi connectivity index (χ1v) is 18.6. The van der Waals surface area contributed by atoms with Crippen LogP contribution in [-0.4, -0.2) is 68.6 Å². The summed E-state index contributed by atoms with van der Waals surface area (Å²) in [6, 6.07) is 15.0. The Labute approximate surface area is 285 Å². The second-order valence-corrected chi connectivity index (χ2v) is 15.2. The molecule has 4 aromatic heterocycles. The molecule has 8 nitrogen and oxygen atoms in total. The van der Waals surface area contributed by atoms with E-state index in [1.165, 1.54) is 49.3 Å². The molecule has 3 aliphatic rings. The fourth-order valence-corrected chi connectivity index (χ4v) is 9.75. The molecule has 1 amide bonds. The van der Waals surface area contributed by atoms with Crippen LogP contribution in [0.3, 0.4) is 0 Å². The molecule has 3 fully saturated rings. The quantitative estimate of drug-likeness (QED) is 0.187. The number of fused-ring (bicyclic) bond motifs is 2. The molecule has 8 rings (SSSR count). The molecule has 0 atom stereocenters. The van der Waals surface area contributed by atoms with Crippen molar-refractivity contribution in [3.05, 3.63) is 64.4 Å². The van der Waals surface area contributed by atoms with Crippen molar-refractivity contribution in [3.63, 3.8) is 0 Å². The minimum Gasteiger partial charge on any atom is -0.477 e. The molecule has 0 unspecified atom stereocenters. The van der Waals surface area contributed by atoms with Gasteiger partial charge in [-0.15, -0.1) is 11.3 Å². The summed E-state index contributed by atoms with van der Waals surface area (Å²) in [5.74, 6) is 1.26. The van der Waals surface area contributed by atoms with Crippen LogP contribution in [0.2, 0.25) is 0 Å². The number of pyridine rings is 1. The van der Waals surface area contributed by atoms with Crippen LogP contribution in [0.4, 0.5) is 0 Å². The first-order valence-electron chi connectivity index (χ1n) is 17.7. The largest absolute Gasteiger partial charge is 0.477 e. The monoisotopic (exact) mass is 664 g/mol. The average molecular weight is 665 g/mol. The normalized spacial score (nSPS) is 18.4. The van der Waals surface area contributed by atoms with Crippen molar-refractivity contribution in [3.8, 4) is 22.5 Å². The third kappa shape index (κ3) is 5.75. The molecule has 1 N–H and O–H groups in total. The molecule has 0 bridgehead atoms. The zero-order chi connectivity index (χ0) is 32.9. The standard InChI is InChI=1S/C39H44N4O4S/c1-24-20-30(25(2)47-24)32-13-10-27-21-28(11-12-31(27)40-32)37-36(26-8-4-3-5-9-26)38-33(22-34(48-38)39(45)46)43(37)23-35(44)42-18-14-29(15-19-42)41-16-6-7-17-41/h10-13,20-22,26,29H,3-9,14-19,23H2,1-2H3,(H,45,46). The number of likely N-dealkylation sites (tertiary alicyclic amines) is 2. The number of carbonyl (C=O) groups excluding carboxylic acids is 1. The lowest BCUT2D eigenvalue weighted by Crippen LogP contribution is -2.46. The van der Waals surface area contributed by atoms with Crippen LogP contribution in [-0.2, 0) is 11.3 Å². The number of furan rings is 1. The maximum atomic E-state index is 14.1. The number of nitrogens with zero attached hydrogens (tertiary/aromatic N) is 4. The third-order valence-electron chi connectivity index (χ3n) is 11.0. The Bertz CT molecular complexity index is 2000. The maximum Gasteiger partial charge on any atom is 0.345 e. The number of aromatic nitrogens is 2. The Morgan fingerprint density at radius 1 is 0.917 bits per heavy atom. The predicted octanol–water partition coefficient (Wildman–Crippen LogP) is 8.63. The molecule has 1 aromatic carbocycles. The van der Waals surface area contributed by atoms with E-state index in [0.29, 0.717) is 16.8 Å². The lowest BCUT2D eigenvalue weighted by molar-refractivity contribution is -0.133. The lowest BCUT2D eigenvalue weighted by atomic mass is 9.83. The molecule has 250 valence electrons. The van der Waals surface area contributed by atoms with Crippen molar-refractivity contribution in [2.75, 3.05) is 26.2 Å². The fourth-order valence-electron chi connectivity index (χ4n) is 8.63. The Hall–Kier alpha value is -3.95. The Kier molecular flexibility index (Phi) is 8.37. The van der Waals surface area contributed by atoms with Crippen molar-refractivity contribution in [2.24, 2.45) is 0 Å². The van der Waals surface area contributed by atoms with Gasteiger partial charge in [-0.3, -0.25) is 4.79 Å². The van der Waals surface area contributed by atoms with Crippen molar-refractivity contribution < 1.29 is 19.1 Å². The summed E-state index contributed by atoms with van der Waals surface area (Å²) in [5, 5.41) is 11.1. The molecule has 0 radical (unpaired) electrons. The van der Waals surface area contributed by atoms with Crippen LogP contribution in [0.1, 0.15) is 90.5 Å². The molecular weight excluding hydrogens is 621 g/mol. The van der Waals surface area contributed by atoms with E-state index in [9.17, 15) is 14.7 Å². The second-order valence-electron chi connectivity index (χ2n) is 14.1. The van der Waals surface area contributed by atoms with E-state index >= 15 is 0 Å². The van der Waals surface area contributed by atoms with Crippen LogP contribution in [0.25, 0.3) is 43.6 Å². The molecule has 1 saturated carbocycles. The van der Waals surface area contributed by atoms with Crippen molar-refractivity contribution in [1.29, 1.82) is 0 Å². The Morgan fingerprint density at radius 2 is 1.69 bits per heavy atom. The van der Waals surface area contributed by atoms with E-state index in [1.807, 2.05) is 24.8 Å². The third-order valence-corrected chi connectivity index (χ3v) is 12.2. The van der Waals surface area contributed by atoms with E-state index in [0.717, 1.165) is 107 Å². The van der Waals surface area contributed by atoms with Gasteiger partial charge in [-0.1, -0.05) is 31.4 Å². The molecule has 48 heavy (non-hydrogen) atoms. The van der Waals surface area contributed by atoms with Crippen LogP contribution >= 0.6 is 11.3 Å². The summed E-state index contributed by atoms with van der Waals surface area (Å²) in [6.45, 7) is 8.05. The highest BCUT2D eigenvalue weighted by Gasteiger charge is 2.32. The van der Waals surface area contributed by atoms with Crippen LogP contribution in [0, 0.1) is 13.8 Å². The number of carbonyl (C=O) groups is 2. The Balaban J connectivity index is 1.20. The minimum atomic E-state index is -0.912. The van der Waals surface area contributed by atoms with Gasteiger partial charge in [0.05, 0.1) is 27.1 Å². The zero-order valence-electron chi connectivity index (χ0n) is 28.0. The van der Waals surface area contributed by atoms with Gasteiger partial charge in [0.25, 0.3) is 0 Å². The number of amides is 1. The second kappa shape index (κ2) is 12.8. The molecule has 2 saturated heterocycles. The fraction of sp³-hybridized carbons (Fsp3) is 0.462. The topological polar surface area (TPSA) is 91.8 Å². The van der Waals surface area contributed by atoms with Gasteiger partial charge in [0.1, 0.15) is 22.9 Å². The zero-order valence-corrected chi connectivity index (χ0v) is 28.8. The van der Waals surface area contributed by atoms with Gasteiger partial charge in [0.15, 0.2) is 0 Å². The average Bonchev–Trinajstić information content (AvgIpc) is 3.90. The van der Waals surface area contributed by atoms with Crippen LogP contribution in [0.15, 0.2) is 46.9 Å². The first kappa shape index (κ1) is 31.3. The number of rotatable bonds is 7. The van der Waals surface area contributed by atoms with Gasteiger partial charge >= 0.3 is 5.97 Å². The number of carboxylic acids is 1. The molecule has 5 aromatic rings. The molecule has 6 heterocycles. The first-order chi connectivity index (χ1) is 23.3. The SMILES string of the molecule is Cc1cc(-c2ccc3cc(-c4c(C5CCCCC5)c5sc(C(=O)O)cc5n4CC(=O)N4CCC(N5CCCC5)CC4)ccc3n2)c(C)o1. The molecule has 2 aliphatic heterocycles. The number of piperidine rings is 1. The smallest absolute Gasteiger partial charge is 0.345 e. The van der Waals surface area contributed by atoms with Gasteiger partial charge < -0.3 is 23.9 Å². The highest BCUT2D eigenvalue weighted by Crippen LogP contribution is 2.47. The molecular formula is C39H44N4O4S. The highest BCUT2D eigenvalue weighted by atomic mass is 32.1. The van der Waals surface area contributed by atoms with Crippen molar-refractivity contribution in [1.82, 2.24) is 19.4 Å². The van der Waals surface area contributed by atoms with Crippen molar-refractivity contribution in [2.45, 2.75) is 90.1 Å². The van der Waals surface area contributed by atoms with E-state index in [2.05, 4.69) is 39.8 Å². The molecule has 0 spiro atoms. The minimum absolute atomic E-state index is 0.115. The summed E-state index contributed by atoms with van der Waals surface area (Å²) in [7, 11) is 0. The Morgan fingerprint density at radius 3 is 2.40 bits per heavy atom. The van der Waals surface area contributed by atoms with Gasteiger partial charge in [0, 0.05) is 30.1 Å². The van der Waals surface area contributed by atoms with E-state index in [4.69, 9.17) is 9.40 Å². The number of thiophene rings is 1. The highest BCUT2D eigenvalue weighted by molar-refractivity contribution is 7.21. The number of aryl methyl sites for hydroxylation is 2. The summed E-state index contributed by atoms with van der Waals surface area (Å²) < 4.78 is 8.95. The summed E-state index contributed by atoms with van der Waals surface area (Å²) in [4.78, 5) is 36.3. The van der Waals surface area contributed by atoms with Crippen molar-refractivity contribution >= 4 is 44.3 Å². The van der Waals surface area contributed by atoms with Crippen LogP contribution < -0.4 is 0 Å². The number of benzene rings is 1. The van der Waals surface area contributed by atoms with E-state index < -0.39 is 5.97 Å². The van der Waals surface area contributed by atoms with Crippen LogP contribution in [0.5, 0.6) is 0 Å². The number of hydrogen-bond donors (Lipinski definition) is 1. The number of hydrogen-bond acceptors (Lipinski definition) is 6. The summed E-state index contributed by atoms with van der Waals surface area (Å²) in [5.41, 5.74) is 6.99. The summed E-state index contributed by atoms with van der Waals surface area (Å²) >= 11 is 1.37. The lowest BCUT2D eigenvalue weighted by Gasteiger charge is -2.36. The van der Waals surface area contributed by atoms with Gasteiger partial charge in [-0.25, -0.2) is 9.78 Å². The number of carboxylic acid groups (broad SMARTS) is 1. The summed E-state index contributed by atoms with van der Waals surface area (Å²) in [6.07, 6.45) is 10.3. The predicted molar refractivity (Wildman–Crippen MR) is 191 cm³/mol. The van der Waals surface area contributed by atoms with E-state index in [1.54, 1.807) is 6.07 Å². The molecule has 1 aliphatic carbocycles. The molecule has 9 heteroatoms.